The largest absolute Gasteiger partial charge is 0.488 e. The van der Waals surface area contributed by atoms with E-state index in [-0.39, 0.29) is 0 Å². The molecule has 1 aromatic carbocycles. The summed E-state index contributed by atoms with van der Waals surface area (Å²) in [6, 6.07) is -3.28. The molecule has 0 aromatic heterocycles. The molecular weight excluding hydrogens is 134 g/mol. The second kappa shape index (κ2) is 2.81. The molecule has 0 spiro atoms. The number of hydrogen-bond donors (Lipinski definition) is 2. The molecule has 0 aliphatic carbocycles. The summed E-state index contributed by atoms with van der Waals surface area (Å²) in [5.74, 6) is -1.32. The first-order valence-corrected chi connectivity index (χ1v) is 2.49. The average molecular weight is 144 g/mol. The highest BCUT2D eigenvalue weighted by Crippen LogP contribution is 1.92. The average Bonchev–Trinajstić information content (AvgIpc) is 2.11. The summed E-state index contributed by atoms with van der Waals surface area (Å²) >= 11 is 0. The highest BCUT2D eigenvalue weighted by Gasteiger charge is 2.09. The van der Waals surface area contributed by atoms with Gasteiger partial charge in [0.1, 0.15) is 5.82 Å². The van der Waals surface area contributed by atoms with E-state index in [0.29, 0.717) is 0 Å². The van der Waals surface area contributed by atoms with Gasteiger partial charge in [-0.05, 0) is 17.5 Å². The Morgan fingerprint density at radius 3 is 2.80 bits per heavy atom. The summed E-state index contributed by atoms with van der Waals surface area (Å²) in [5.41, 5.74) is -0.691. The lowest BCUT2D eigenvalue weighted by Crippen LogP contribution is -2.29. The fourth-order valence-electron chi connectivity index (χ4n) is 0.463. The molecule has 0 radical (unpaired) electrons. The summed E-state index contributed by atoms with van der Waals surface area (Å²) < 4.78 is 41.4. The van der Waals surface area contributed by atoms with Crippen molar-refractivity contribution in [2.24, 2.45) is 0 Å². The molecule has 2 nitrogen and oxygen atoms in total. The van der Waals surface area contributed by atoms with Crippen molar-refractivity contribution in [2.45, 2.75) is 0 Å². The van der Waals surface area contributed by atoms with Crippen molar-refractivity contribution in [2.75, 3.05) is 0 Å². The zero-order chi connectivity index (χ0) is 11.0. The van der Waals surface area contributed by atoms with Crippen molar-refractivity contribution < 1.29 is 19.9 Å². The van der Waals surface area contributed by atoms with Crippen molar-refractivity contribution in [1.82, 2.24) is 0 Å². The predicted molar refractivity (Wildman–Crippen MR) is 36.2 cm³/mol. The minimum absolute atomic E-state index is 0.691. The molecule has 0 saturated carbocycles. The van der Waals surface area contributed by atoms with E-state index in [1.165, 1.54) is 0 Å². The normalized spacial score (nSPS) is 15.1. The van der Waals surface area contributed by atoms with Gasteiger partial charge in [0.2, 0.25) is 0 Å². The van der Waals surface area contributed by atoms with E-state index in [2.05, 4.69) is 0 Å². The lowest BCUT2D eigenvalue weighted by Gasteiger charge is -1.96. The van der Waals surface area contributed by atoms with Crippen LogP contribution in [0.25, 0.3) is 0 Å². The highest BCUT2D eigenvalue weighted by atomic mass is 19.1. The zero-order valence-corrected chi connectivity index (χ0v) is 4.85. The Kier molecular flexibility index (Phi) is 0.985. The fraction of sp³-hybridized carbons (Fsp3) is 0. The molecule has 1 rings (SSSR count). The summed E-state index contributed by atoms with van der Waals surface area (Å²) in [7, 11) is -2.19. The number of benzene rings is 1. The minimum Gasteiger partial charge on any atom is -0.423 e. The van der Waals surface area contributed by atoms with Gasteiger partial charge in [0.25, 0.3) is 0 Å². The molecule has 0 bridgehead atoms. The third-order valence-corrected chi connectivity index (χ3v) is 0.872. The molecule has 0 fully saturated rings. The number of rotatable bonds is 1. The monoisotopic (exact) mass is 144 g/mol. The first-order valence-electron chi connectivity index (χ1n) is 4.49. The molecule has 0 aliphatic heterocycles. The van der Waals surface area contributed by atoms with E-state index in [9.17, 15) is 4.39 Å². The van der Waals surface area contributed by atoms with E-state index >= 15 is 0 Å². The van der Waals surface area contributed by atoms with Crippen LogP contribution in [0.5, 0.6) is 0 Å². The molecule has 2 N–H and O–H groups in total. The summed E-state index contributed by atoms with van der Waals surface area (Å²) in [6.07, 6.45) is 0. The third kappa shape index (κ3) is 1.56. The number of halogens is 1. The lowest BCUT2D eigenvalue weighted by atomic mass is 9.80. The quantitative estimate of drug-likeness (QED) is 0.522. The van der Waals surface area contributed by atoms with Gasteiger partial charge in [-0.25, -0.2) is 4.39 Å². The maximum absolute atomic E-state index is 13.0. The number of hydrogen-bond acceptors (Lipinski definition) is 2. The Hall–Kier alpha value is -0.865. The topological polar surface area (TPSA) is 40.5 Å². The summed E-state index contributed by atoms with van der Waals surface area (Å²) in [6.45, 7) is 0. The molecule has 4 heteroatoms. The highest BCUT2D eigenvalue weighted by molar-refractivity contribution is 6.58. The van der Waals surface area contributed by atoms with Crippen LogP contribution < -0.4 is 5.46 Å². The van der Waals surface area contributed by atoms with Crippen LogP contribution in [0.1, 0.15) is 5.48 Å². The zero-order valence-electron chi connectivity index (χ0n) is 8.85. The maximum atomic E-state index is 13.0. The van der Waals surface area contributed by atoms with Gasteiger partial charge >= 0.3 is 7.12 Å². The van der Waals surface area contributed by atoms with E-state index in [1.54, 1.807) is 0 Å². The van der Waals surface area contributed by atoms with Crippen molar-refractivity contribution in [3.63, 3.8) is 0 Å². The molecule has 0 amide bonds. The molecule has 10 heavy (non-hydrogen) atoms. The molecule has 0 atom stereocenters. The first-order chi connectivity index (χ1) is 6.37. The second-order valence-corrected chi connectivity index (χ2v) is 1.60. The van der Waals surface area contributed by atoms with Gasteiger partial charge in [-0.2, -0.15) is 0 Å². The smallest absolute Gasteiger partial charge is 0.423 e. The van der Waals surface area contributed by atoms with Crippen LogP contribution in [-0.4, -0.2) is 17.2 Å². The maximum Gasteiger partial charge on any atom is 0.488 e. The van der Waals surface area contributed by atoms with E-state index in [1.807, 2.05) is 0 Å². The summed E-state index contributed by atoms with van der Waals surface area (Å²) in [4.78, 5) is 0. The third-order valence-electron chi connectivity index (χ3n) is 0.872. The first kappa shape index (κ1) is 3.50. The molecule has 0 unspecified atom stereocenters. The van der Waals surface area contributed by atoms with Crippen molar-refractivity contribution in [3.05, 3.63) is 30.0 Å². The van der Waals surface area contributed by atoms with Crippen LogP contribution in [0, 0.1) is 5.82 Å². The van der Waals surface area contributed by atoms with Gasteiger partial charge < -0.3 is 10.0 Å². The SMILES string of the molecule is [2H]c1c([2H])c(F)c([2H])c(B(O)O)c1[2H]. The van der Waals surface area contributed by atoms with Gasteiger partial charge in [0.05, 0.1) is 5.48 Å². The Morgan fingerprint density at radius 2 is 2.20 bits per heavy atom. The van der Waals surface area contributed by atoms with Gasteiger partial charge in [0, 0.05) is 0 Å². The molecule has 0 aliphatic rings. The Labute approximate surface area is 63.7 Å². The molecular formula is C6H6BFO2. The van der Waals surface area contributed by atoms with Crippen LogP contribution in [0.4, 0.5) is 4.39 Å². The van der Waals surface area contributed by atoms with E-state index in [0.717, 1.165) is 0 Å². The van der Waals surface area contributed by atoms with Crippen LogP contribution in [0.2, 0.25) is 0 Å². The van der Waals surface area contributed by atoms with Crippen molar-refractivity contribution in [1.29, 1.82) is 0 Å². The molecule has 0 saturated heterocycles. The van der Waals surface area contributed by atoms with Gasteiger partial charge in [-0.1, -0.05) is 12.1 Å². The Morgan fingerprint density at radius 1 is 1.50 bits per heavy atom. The standard InChI is InChI=1S/C6H6BFO2/c8-6-3-1-2-5(4-6)7(9)10/h1-4,9-10H/i1D,2D,3D,4D. The Bertz CT molecular complexity index is 356. The van der Waals surface area contributed by atoms with Crippen LogP contribution in [-0.2, 0) is 0 Å². The summed E-state index contributed by atoms with van der Waals surface area (Å²) in [5, 5.41) is 17.5. The van der Waals surface area contributed by atoms with Crippen molar-refractivity contribution in [3.8, 4) is 0 Å². The lowest BCUT2D eigenvalue weighted by molar-refractivity contribution is 0.425. The van der Waals surface area contributed by atoms with Crippen molar-refractivity contribution >= 4 is 12.6 Å². The van der Waals surface area contributed by atoms with E-state index in [4.69, 9.17) is 15.5 Å². The van der Waals surface area contributed by atoms with Gasteiger partial charge in [-0.15, -0.1) is 0 Å². The molecule has 52 valence electrons. The predicted octanol–water partition coefficient (Wildman–Crippen LogP) is -0.494. The fourth-order valence-corrected chi connectivity index (χ4v) is 0.463. The second-order valence-electron chi connectivity index (χ2n) is 1.60. The molecule has 1 aromatic rings. The minimum atomic E-state index is -2.19. The van der Waals surface area contributed by atoms with Gasteiger partial charge in [-0.3, -0.25) is 0 Å². The van der Waals surface area contributed by atoms with Crippen LogP contribution >= 0.6 is 0 Å². The molecule has 0 heterocycles. The van der Waals surface area contributed by atoms with Crippen LogP contribution in [0.3, 0.4) is 0 Å². The van der Waals surface area contributed by atoms with Crippen LogP contribution in [0.15, 0.2) is 24.2 Å². The Balaban J connectivity index is 3.60. The van der Waals surface area contributed by atoms with E-state index < -0.39 is 42.6 Å². The van der Waals surface area contributed by atoms with Gasteiger partial charge in [0.15, 0.2) is 0 Å².